The Hall–Kier alpha value is -1.10. The van der Waals surface area contributed by atoms with Crippen molar-refractivity contribution in [2.75, 3.05) is 19.8 Å². The highest BCUT2D eigenvalue weighted by Gasteiger charge is 2.12. The average Bonchev–Trinajstić information content (AvgIpc) is 2.42. The van der Waals surface area contributed by atoms with Crippen LogP contribution in [-0.2, 0) is 0 Å². The van der Waals surface area contributed by atoms with E-state index in [1.54, 1.807) is 0 Å². The minimum atomic E-state index is -0.587. The molecule has 0 saturated heterocycles. The van der Waals surface area contributed by atoms with Crippen molar-refractivity contribution in [2.24, 2.45) is 5.92 Å². The van der Waals surface area contributed by atoms with Crippen LogP contribution in [0.5, 0.6) is 5.75 Å². The Morgan fingerprint density at radius 3 is 2.55 bits per heavy atom. The van der Waals surface area contributed by atoms with Crippen molar-refractivity contribution in [3.8, 4) is 5.75 Å². The summed E-state index contributed by atoms with van der Waals surface area (Å²) in [6, 6.07) is 7.77. The summed E-state index contributed by atoms with van der Waals surface area (Å²) in [6.07, 6.45) is 0.304. The van der Waals surface area contributed by atoms with E-state index < -0.39 is 6.10 Å². The van der Waals surface area contributed by atoms with Crippen LogP contribution in [0.15, 0.2) is 24.3 Å². The zero-order valence-electron chi connectivity index (χ0n) is 12.7. The first-order chi connectivity index (χ1) is 9.52. The van der Waals surface area contributed by atoms with Gasteiger partial charge in [-0.2, -0.15) is 0 Å². The molecule has 0 aliphatic carbocycles. The molecule has 4 heteroatoms. The Kier molecular flexibility index (Phi) is 7.59. The van der Waals surface area contributed by atoms with E-state index in [9.17, 15) is 10.2 Å². The lowest BCUT2D eigenvalue weighted by Gasteiger charge is -2.20. The Morgan fingerprint density at radius 1 is 1.25 bits per heavy atom. The lowest BCUT2D eigenvalue weighted by atomic mass is 10.0. The molecule has 0 aliphatic heterocycles. The Balaban J connectivity index is 2.29. The van der Waals surface area contributed by atoms with Gasteiger partial charge in [0.15, 0.2) is 0 Å². The van der Waals surface area contributed by atoms with E-state index in [4.69, 9.17) is 4.74 Å². The minimum absolute atomic E-state index is 0.0307. The first-order valence-electron chi connectivity index (χ1n) is 7.23. The summed E-state index contributed by atoms with van der Waals surface area (Å²) >= 11 is 0. The third-order valence-corrected chi connectivity index (χ3v) is 3.14. The highest BCUT2D eigenvalue weighted by molar-refractivity contribution is 5.31. The van der Waals surface area contributed by atoms with Crippen LogP contribution in [0.2, 0.25) is 0 Å². The first-order valence-corrected chi connectivity index (χ1v) is 7.23. The van der Waals surface area contributed by atoms with Crippen molar-refractivity contribution in [2.45, 2.75) is 39.3 Å². The molecule has 0 bridgehead atoms. The van der Waals surface area contributed by atoms with Crippen LogP contribution in [0, 0.1) is 12.8 Å². The van der Waals surface area contributed by atoms with Gasteiger partial charge < -0.3 is 20.3 Å². The number of aryl methyl sites for hydroxylation is 1. The number of rotatable bonds is 9. The summed E-state index contributed by atoms with van der Waals surface area (Å²) in [6.45, 7) is 6.96. The summed E-state index contributed by atoms with van der Waals surface area (Å²) < 4.78 is 5.59. The number of benzene rings is 1. The molecule has 0 radical (unpaired) electrons. The summed E-state index contributed by atoms with van der Waals surface area (Å²) in [5.74, 6) is 1.31. The molecule has 0 aromatic heterocycles. The van der Waals surface area contributed by atoms with Crippen molar-refractivity contribution in [1.29, 1.82) is 0 Å². The van der Waals surface area contributed by atoms with Gasteiger partial charge in [-0.15, -0.1) is 0 Å². The van der Waals surface area contributed by atoms with Crippen LogP contribution in [0.1, 0.15) is 25.8 Å². The molecule has 114 valence electrons. The smallest absolute Gasteiger partial charge is 0.122 e. The Bertz CT molecular complexity index is 382. The maximum Gasteiger partial charge on any atom is 0.122 e. The van der Waals surface area contributed by atoms with Gasteiger partial charge in [0.1, 0.15) is 18.5 Å². The fourth-order valence-electron chi connectivity index (χ4n) is 2.06. The van der Waals surface area contributed by atoms with Crippen molar-refractivity contribution in [3.05, 3.63) is 29.8 Å². The molecule has 0 saturated carbocycles. The monoisotopic (exact) mass is 281 g/mol. The molecule has 0 heterocycles. The largest absolute Gasteiger partial charge is 0.491 e. The highest BCUT2D eigenvalue weighted by atomic mass is 16.5. The van der Waals surface area contributed by atoms with Crippen LogP contribution < -0.4 is 10.1 Å². The number of ether oxygens (including phenoxy) is 1. The third kappa shape index (κ3) is 6.37. The van der Waals surface area contributed by atoms with E-state index in [2.05, 4.69) is 19.2 Å². The standard InChI is InChI=1S/C16H27NO3/c1-12(2)8-14(10-18)17-9-15(19)11-20-16-7-5-4-6-13(16)3/h4-7,12,14-15,17-19H,8-11H2,1-3H3. The molecule has 0 amide bonds. The van der Waals surface area contributed by atoms with E-state index in [0.29, 0.717) is 12.5 Å². The molecule has 0 fully saturated rings. The lowest BCUT2D eigenvalue weighted by molar-refractivity contribution is 0.0978. The van der Waals surface area contributed by atoms with Crippen LogP contribution in [0.4, 0.5) is 0 Å². The number of nitrogens with one attached hydrogen (secondary N) is 1. The van der Waals surface area contributed by atoms with Crippen molar-refractivity contribution >= 4 is 0 Å². The second-order valence-corrected chi connectivity index (χ2v) is 5.65. The van der Waals surface area contributed by atoms with Crippen LogP contribution in [0.3, 0.4) is 0 Å². The molecule has 4 nitrogen and oxygen atoms in total. The van der Waals surface area contributed by atoms with Gasteiger partial charge in [-0.1, -0.05) is 32.0 Å². The van der Waals surface area contributed by atoms with Gasteiger partial charge in [0.2, 0.25) is 0 Å². The average molecular weight is 281 g/mol. The van der Waals surface area contributed by atoms with Gasteiger partial charge in [0, 0.05) is 12.6 Å². The second kappa shape index (κ2) is 8.95. The Morgan fingerprint density at radius 2 is 1.95 bits per heavy atom. The predicted octanol–water partition coefficient (Wildman–Crippen LogP) is 1.73. The first kappa shape index (κ1) is 17.0. The number of aliphatic hydroxyl groups is 2. The molecule has 20 heavy (non-hydrogen) atoms. The van der Waals surface area contributed by atoms with E-state index in [-0.39, 0.29) is 19.3 Å². The number of para-hydroxylation sites is 1. The maximum atomic E-state index is 9.91. The molecule has 1 rings (SSSR count). The maximum absolute atomic E-state index is 9.91. The van der Waals surface area contributed by atoms with Crippen LogP contribution in [-0.4, -0.2) is 42.1 Å². The topological polar surface area (TPSA) is 61.7 Å². The number of hydrogen-bond acceptors (Lipinski definition) is 4. The fraction of sp³-hybridized carbons (Fsp3) is 0.625. The summed E-state index contributed by atoms with van der Waals surface area (Å²) in [5.41, 5.74) is 1.06. The van der Waals surface area contributed by atoms with Gasteiger partial charge in [-0.3, -0.25) is 0 Å². The number of aliphatic hydroxyl groups excluding tert-OH is 2. The molecule has 0 aliphatic rings. The van der Waals surface area contributed by atoms with E-state index in [0.717, 1.165) is 17.7 Å². The molecule has 3 N–H and O–H groups in total. The molecular formula is C16H27NO3. The SMILES string of the molecule is Cc1ccccc1OCC(O)CNC(CO)CC(C)C. The Labute approximate surface area is 121 Å². The lowest BCUT2D eigenvalue weighted by Crippen LogP contribution is -2.40. The van der Waals surface area contributed by atoms with E-state index in [1.807, 2.05) is 31.2 Å². The molecule has 2 unspecified atom stereocenters. The summed E-state index contributed by atoms with van der Waals surface area (Å²) in [7, 11) is 0. The zero-order valence-corrected chi connectivity index (χ0v) is 12.7. The molecule has 1 aromatic rings. The zero-order chi connectivity index (χ0) is 15.0. The number of hydrogen-bond donors (Lipinski definition) is 3. The fourth-order valence-corrected chi connectivity index (χ4v) is 2.06. The minimum Gasteiger partial charge on any atom is -0.491 e. The quantitative estimate of drug-likeness (QED) is 0.645. The highest BCUT2D eigenvalue weighted by Crippen LogP contribution is 2.16. The molecular weight excluding hydrogens is 254 g/mol. The normalized spacial score (nSPS) is 14.3. The van der Waals surface area contributed by atoms with Gasteiger partial charge >= 0.3 is 0 Å². The van der Waals surface area contributed by atoms with E-state index in [1.165, 1.54) is 0 Å². The van der Waals surface area contributed by atoms with Crippen molar-refractivity contribution in [3.63, 3.8) is 0 Å². The van der Waals surface area contributed by atoms with Gasteiger partial charge in [-0.05, 0) is 30.9 Å². The summed E-state index contributed by atoms with van der Waals surface area (Å²) in [4.78, 5) is 0. The van der Waals surface area contributed by atoms with Gasteiger partial charge in [-0.25, -0.2) is 0 Å². The van der Waals surface area contributed by atoms with Crippen molar-refractivity contribution < 1.29 is 14.9 Å². The van der Waals surface area contributed by atoms with Crippen LogP contribution >= 0.6 is 0 Å². The molecule has 2 atom stereocenters. The summed E-state index contributed by atoms with van der Waals surface area (Å²) in [5, 5.41) is 22.3. The third-order valence-electron chi connectivity index (χ3n) is 3.14. The van der Waals surface area contributed by atoms with Gasteiger partial charge in [0.25, 0.3) is 0 Å². The van der Waals surface area contributed by atoms with Gasteiger partial charge in [0.05, 0.1) is 6.61 Å². The van der Waals surface area contributed by atoms with Crippen molar-refractivity contribution in [1.82, 2.24) is 5.32 Å². The second-order valence-electron chi connectivity index (χ2n) is 5.65. The molecule has 0 spiro atoms. The molecule has 1 aromatic carbocycles. The van der Waals surface area contributed by atoms with Crippen LogP contribution in [0.25, 0.3) is 0 Å². The predicted molar refractivity (Wildman–Crippen MR) is 81.0 cm³/mol. The van der Waals surface area contributed by atoms with E-state index >= 15 is 0 Å².